The molecule has 1 aromatic carbocycles. The minimum Gasteiger partial charge on any atom is -0.315 e. The lowest BCUT2D eigenvalue weighted by Gasteiger charge is -2.27. The molecule has 2 nitrogen and oxygen atoms in total. The van der Waals surface area contributed by atoms with E-state index in [1.807, 2.05) is 6.92 Å². The molecule has 100 valence electrons. The Morgan fingerprint density at radius 1 is 1.44 bits per heavy atom. The molecule has 1 heterocycles. The van der Waals surface area contributed by atoms with Gasteiger partial charge in [0.1, 0.15) is 11.6 Å². The van der Waals surface area contributed by atoms with E-state index in [1.54, 1.807) is 0 Å². The summed E-state index contributed by atoms with van der Waals surface area (Å²) < 4.78 is 27.9. The van der Waals surface area contributed by atoms with Crippen LogP contribution in [0.2, 0.25) is 0 Å². The molecule has 18 heavy (non-hydrogen) atoms. The predicted octanol–water partition coefficient (Wildman–Crippen LogP) is 2.91. The quantitative estimate of drug-likeness (QED) is 0.859. The molecule has 1 saturated heterocycles. The van der Waals surface area contributed by atoms with Gasteiger partial charge in [0.2, 0.25) is 0 Å². The maximum absolute atomic E-state index is 13.9. The molecular formula is C13H17BrF2N2. The molecule has 1 unspecified atom stereocenters. The summed E-state index contributed by atoms with van der Waals surface area (Å²) in [5.74, 6) is -0.959. The molecule has 1 aromatic rings. The Labute approximate surface area is 114 Å². The van der Waals surface area contributed by atoms with Crippen LogP contribution in [0.25, 0.3) is 0 Å². The van der Waals surface area contributed by atoms with Crippen molar-refractivity contribution in [2.24, 2.45) is 0 Å². The first-order valence-corrected chi connectivity index (χ1v) is 7.00. The number of hydrogen-bond donors (Lipinski definition) is 1. The highest BCUT2D eigenvalue weighted by molar-refractivity contribution is 9.10. The van der Waals surface area contributed by atoms with Crippen molar-refractivity contribution < 1.29 is 8.78 Å². The van der Waals surface area contributed by atoms with Gasteiger partial charge in [-0.3, -0.25) is 4.90 Å². The fourth-order valence-corrected chi connectivity index (χ4v) is 2.74. The molecule has 0 saturated carbocycles. The van der Waals surface area contributed by atoms with E-state index in [4.69, 9.17) is 0 Å². The molecule has 1 N–H and O–H groups in total. The highest BCUT2D eigenvalue weighted by Gasteiger charge is 2.23. The second-order valence-corrected chi connectivity index (χ2v) is 5.39. The first-order valence-electron chi connectivity index (χ1n) is 6.20. The number of halogens is 3. The third-order valence-electron chi connectivity index (χ3n) is 3.46. The van der Waals surface area contributed by atoms with Crippen LogP contribution in [0.4, 0.5) is 8.78 Å². The van der Waals surface area contributed by atoms with Crippen molar-refractivity contribution in [1.82, 2.24) is 10.2 Å². The molecule has 2 rings (SSSR count). The SMILES string of the molecule is CCN(Cc1c(F)ccc(Br)c1F)C1CCNC1. The van der Waals surface area contributed by atoms with Crippen LogP contribution in [-0.4, -0.2) is 30.6 Å². The van der Waals surface area contributed by atoms with Gasteiger partial charge in [0, 0.05) is 24.7 Å². The van der Waals surface area contributed by atoms with Crippen LogP contribution < -0.4 is 5.32 Å². The molecule has 1 aliphatic heterocycles. The van der Waals surface area contributed by atoms with Gasteiger partial charge in [0.05, 0.1) is 4.47 Å². The van der Waals surface area contributed by atoms with Gasteiger partial charge >= 0.3 is 0 Å². The van der Waals surface area contributed by atoms with Crippen LogP contribution in [0, 0.1) is 11.6 Å². The van der Waals surface area contributed by atoms with Crippen LogP contribution in [0.1, 0.15) is 18.9 Å². The Morgan fingerprint density at radius 3 is 2.83 bits per heavy atom. The highest BCUT2D eigenvalue weighted by Crippen LogP contribution is 2.24. The van der Waals surface area contributed by atoms with Crippen molar-refractivity contribution in [1.29, 1.82) is 0 Å². The van der Waals surface area contributed by atoms with Crippen LogP contribution in [-0.2, 0) is 6.54 Å². The van der Waals surface area contributed by atoms with Crippen molar-refractivity contribution in [2.75, 3.05) is 19.6 Å². The van der Waals surface area contributed by atoms with E-state index >= 15 is 0 Å². The van der Waals surface area contributed by atoms with Crippen LogP contribution in [0.15, 0.2) is 16.6 Å². The zero-order chi connectivity index (χ0) is 13.1. The maximum Gasteiger partial charge on any atom is 0.144 e. The number of hydrogen-bond acceptors (Lipinski definition) is 2. The Balaban J connectivity index is 2.18. The fraction of sp³-hybridized carbons (Fsp3) is 0.538. The summed E-state index contributed by atoms with van der Waals surface area (Å²) in [6, 6.07) is 3.08. The molecule has 0 aliphatic carbocycles. The molecule has 0 aromatic heterocycles. The second kappa shape index (κ2) is 6.08. The van der Waals surface area contributed by atoms with Crippen LogP contribution >= 0.6 is 15.9 Å². The number of nitrogens with one attached hydrogen (secondary N) is 1. The largest absolute Gasteiger partial charge is 0.315 e. The monoisotopic (exact) mass is 318 g/mol. The van der Waals surface area contributed by atoms with Gasteiger partial charge in [-0.25, -0.2) is 8.78 Å². The summed E-state index contributed by atoms with van der Waals surface area (Å²) in [5, 5.41) is 3.28. The summed E-state index contributed by atoms with van der Waals surface area (Å²) in [4.78, 5) is 2.12. The number of likely N-dealkylation sites (N-methyl/N-ethyl adjacent to an activating group) is 1. The van der Waals surface area contributed by atoms with Gasteiger partial charge in [0.25, 0.3) is 0 Å². The Hall–Kier alpha value is -0.520. The molecule has 5 heteroatoms. The van der Waals surface area contributed by atoms with E-state index < -0.39 is 11.6 Å². The lowest BCUT2D eigenvalue weighted by atomic mass is 10.1. The first-order chi connectivity index (χ1) is 8.63. The summed E-state index contributed by atoms with van der Waals surface area (Å²) in [6.45, 7) is 5.00. The third-order valence-corrected chi connectivity index (χ3v) is 4.07. The van der Waals surface area contributed by atoms with Gasteiger partial charge < -0.3 is 5.32 Å². The average Bonchev–Trinajstić information content (AvgIpc) is 2.88. The van der Waals surface area contributed by atoms with Crippen LogP contribution in [0.3, 0.4) is 0 Å². The first kappa shape index (κ1) is 13.9. The van der Waals surface area contributed by atoms with E-state index in [9.17, 15) is 8.78 Å². The molecular weight excluding hydrogens is 302 g/mol. The second-order valence-electron chi connectivity index (χ2n) is 4.53. The number of nitrogens with zero attached hydrogens (tertiary/aromatic N) is 1. The molecule has 0 radical (unpaired) electrons. The Morgan fingerprint density at radius 2 is 2.22 bits per heavy atom. The van der Waals surface area contributed by atoms with Crippen molar-refractivity contribution in [3.63, 3.8) is 0 Å². The summed E-state index contributed by atoms with van der Waals surface area (Å²) in [6.07, 6.45) is 1.03. The van der Waals surface area contributed by atoms with Gasteiger partial charge in [-0.15, -0.1) is 0 Å². The van der Waals surface area contributed by atoms with Crippen molar-refractivity contribution >= 4 is 15.9 Å². The van der Waals surface area contributed by atoms with Crippen molar-refractivity contribution in [2.45, 2.75) is 25.9 Å². The minimum absolute atomic E-state index is 0.151. The van der Waals surface area contributed by atoms with E-state index in [0.717, 1.165) is 26.1 Å². The molecule has 1 fully saturated rings. The molecule has 1 aliphatic rings. The lowest BCUT2D eigenvalue weighted by Crippen LogP contribution is -2.36. The average molecular weight is 319 g/mol. The Bertz CT molecular complexity index is 420. The zero-order valence-electron chi connectivity index (χ0n) is 10.3. The van der Waals surface area contributed by atoms with Crippen molar-refractivity contribution in [3.05, 3.63) is 33.8 Å². The third kappa shape index (κ3) is 2.90. The smallest absolute Gasteiger partial charge is 0.144 e. The zero-order valence-corrected chi connectivity index (χ0v) is 11.9. The summed E-state index contributed by atoms with van der Waals surface area (Å²) >= 11 is 3.10. The van der Waals surface area contributed by atoms with Crippen LogP contribution in [0.5, 0.6) is 0 Å². The molecule has 0 spiro atoms. The topological polar surface area (TPSA) is 15.3 Å². The summed E-state index contributed by atoms with van der Waals surface area (Å²) in [5.41, 5.74) is 0.151. The molecule has 1 atom stereocenters. The standard InChI is InChI=1S/C13H17BrF2N2/c1-2-18(9-5-6-17-7-9)8-10-12(15)4-3-11(14)13(10)16/h3-4,9,17H,2,5-8H2,1H3. The summed E-state index contributed by atoms with van der Waals surface area (Å²) in [7, 11) is 0. The van der Waals surface area contributed by atoms with E-state index in [2.05, 4.69) is 26.1 Å². The van der Waals surface area contributed by atoms with Crippen molar-refractivity contribution in [3.8, 4) is 0 Å². The van der Waals surface area contributed by atoms with Gasteiger partial charge in [0.15, 0.2) is 0 Å². The van der Waals surface area contributed by atoms with E-state index in [1.165, 1.54) is 12.1 Å². The molecule has 0 bridgehead atoms. The Kier molecular flexibility index (Phi) is 4.70. The number of rotatable bonds is 4. The van der Waals surface area contributed by atoms with E-state index in [-0.39, 0.29) is 5.56 Å². The van der Waals surface area contributed by atoms with Gasteiger partial charge in [-0.05, 0) is 47.6 Å². The highest BCUT2D eigenvalue weighted by atomic mass is 79.9. The fourth-order valence-electron chi connectivity index (χ4n) is 2.37. The van der Waals surface area contributed by atoms with Gasteiger partial charge in [-0.1, -0.05) is 6.92 Å². The minimum atomic E-state index is -0.487. The van der Waals surface area contributed by atoms with E-state index in [0.29, 0.717) is 17.1 Å². The normalized spacial score (nSPS) is 19.7. The lowest BCUT2D eigenvalue weighted by molar-refractivity contribution is 0.204. The maximum atomic E-state index is 13.9. The number of benzene rings is 1. The van der Waals surface area contributed by atoms with Gasteiger partial charge in [-0.2, -0.15) is 0 Å². The molecule has 0 amide bonds. The predicted molar refractivity (Wildman–Crippen MR) is 71.4 cm³/mol.